The Morgan fingerprint density at radius 1 is 1.53 bits per heavy atom. The van der Waals surface area contributed by atoms with Crippen molar-refractivity contribution in [1.82, 2.24) is 4.98 Å². The molecule has 0 saturated heterocycles. The molecule has 0 saturated carbocycles. The molecule has 1 N–H and O–H groups in total. The lowest BCUT2D eigenvalue weighted by atomic mass is 10.2. The summed E-state index contributed by atoms with van der Waals surface area (Å²) in [6, 6.07) is 1.23. The topological polar surface area (TPSA) is 24.9 Å². The van der Waals surface area contributed by atoms with E-state index in [9.17, 15) is 4.39 Å². The van der Waals surface area contributed by atoms with Gasteiger partial charge in [0.1, 0.15) is 0 Å². The highest BCUT2D eigenvalue weighted by atomic mass is 35.5. The van der Waals surface area contributed by atoms with E-state index in [4.69, 9.17) is 18.0 Å². The maximum absolute atomic E-state index is 13.2. The first-order valence-corrected chi connectivity index (χ1v) is 5.10. The molecule has 0 aliphatic carbocycles. The molecule has 0 aromatic carbocycles. The number of nitrogens with zero attached hydrogens (tertiary/aromatic N) is 1. The van der Waals surface area contributed by atoms with Gasteiger partial charge >= 0.3 is 0 Å². The molecule has 2 nitrogen and oxygen atoms in total. The summed E-state index contributed by atoms with van der Waals surface area (Å²) in [5, 5.41) is 3.18. The second-order valence-electron chi connectivity index (χ2n) is 3.07. The van der Waals surface area contributed by atoms with Gasteiger partial charge in [0, 0.05) is 19.2 Å². The highest BCUT2D eigenvalue weighted by molar-refractivity contribution is 6.30. The minimum Gasteiger partial charge on any atom is -0.368 e. The third kappa shape index (κ3) is 4.18. The summed E-state index contributed by atoms with van der Waals surface area (Å²) in [4.78, 5) is 3.84. The molecule has 0 atom stereocenters. The summed E-state index contributed by atoms with van der Waals surface area (Å²) in [6.45, 7) is 0.660. The molecule has 0 unspecified atom stereocenters. The first-order valence-electron chi connectivity index (χ1n) is 4.72. The Kier molecular flexibility index (Phi) is 4.92. The maximum Gasteiger partial charge on any atom is 0.166 e. The van der Waals surface area contributed by atoms with Gasteiger partial charge in [0.15, 0.2) is 11.6 Å². The predicted octanol–water partition coefficient (Wildman–Crippen LogP) is 3.09. The Morgan fingerprint density at radius 3 is 3.00 bits per heavy atom. The average Bonchev–Trinajstić information content (AvgIpc) is 2.20. The van der Waals surface area contributed by atoms with Crippen molar-refractivity contribution >= 4 is 17.4 Å². The van der Waals surface area contributed by atoms with Crippen LogP contribution >= 0.6 is 11.6 Å². The smallest absolute Gasteiger partial charge is 0.166 e. The van der Waals surface area contributed by atoms with Crippen molar-refractivity contribution < 1.29 is 4.39 Å². The van der Waals surface area contributed by atoms with E-state index in [1.54, 1.807) is 0 Å². The number of unbranched alkanes of at least 4 members (excludes halogenated alkanes) is 2. The summed E-state index contributed by atoms with van der Waals surface area (Å²) in [5.74, 6) is 2.36. The summed E-state index contributed by atoms with van der Waals surface area (Å²) in [5.41, 5.74) is 0. The molecule has 1 rings (SSSR count). The predicted molar refractivity (Wildman–Crippen MR) is 60.4 cm³/mol. The van der Waals surface area contributed by atoms with Gasteiger partial charge in [0.05, 0.1) is 5.02 Å². The average molecular weight is 227 g/mol. The van der Waals surface area contributed by atoms with Crippen LogP contribution in [0, 0.1) is 18.2 Å². The van der Waals surface area contributed by atoms with Crippen LogP contribution in [0.5, 0.6) is 0 Å². The Morgan fingerprint density at radius 2 is 2.33 bits per heavy atom. The van der Waals surface area contributed by atoms with E-state index < -0.39 is 5.82 Å². The largest absolute Gasteiger partial charge is 0.368 e. The molecular formula is C11H12ClFN2. The fourth-order valence-corrected chi connectivity index (χ4v) is 1.25. The SMILES string of the molecule is C#CCCCCNc1ncc(Cl)cc1F. The van der Waals surface area contributed by atoms with Gasteiger partial charge in [-0.2, -0.15) is 0 Å². The Bertz CT molecular complexity index is 360. The van der Waals surface area contributed by atoms with Gasteiger partial charge in [0.25, 0.3) is 0 Å². The monoisotopic (exact) mass is 226 g/mol. The van der Waals surface area contributed by atoms with Crippen LogP contribution in [0.4, 0.5) is 10.2 Å². The third-order valence-electron chi connectivity index (χ3n) is 1.85. The second-order valence-corrected chi connectivity index (χ2v) is 3.51. The molecule has 1 heterocycles. The fourth-order valence-electron chi connectivity index (χ4n) is 1.10. The first kappa shape index (κ1) is 11.8. The Balaban J connectivity index is 2.35. The van der Waals surface area contributed by atoms with Crippen LogP contribution in [0.15, 0.2) is 12.3 Å². The van der Waals surface area contributed by atoms with E-state index in [0.29, 0.717) is 11.6 Å². The zero-order chi connectivity index (χ0) is 11.1. The van der Waals surface area contributed by atoms with E-state index in [1.165, 1.54) is 12.3 Å². The number of nitrogens with one attached hydrogen (secondary N) is 1. The summed E-state index contributed by atoms with van der Waals surface area (Å²) >= 11 is 5.57. The Hall–Kier alpha value is -1.27. The lowest BCUT2D eigenvalue weighted by Gasteiger charge is -2.05. The van der Waals surface area contributed by atoms with Gasteiger partial charge in [-0.1, -0.05) is 11.6 Å². The molecule has 0 fully saturated rings. The van der Waals surface area contributed by atoms with E-state index in [2.05, 4.69) is 16.2 Å². The van der Waals surface area contributed by atoms with Crippen LogP contribution in [-0.4, -0.2) is 11.5 Å². The minimum atomic E-state index is -0.431. The van der Waals surface area contributed by atoms with Crippen molar-refractivity contribution in [2.24, 2.45) is 0 Å². The standard InChI is InChI=1S/C11H12ClFN2/c1-2-3-4-5-6-14-11-10(13)7-9(12)8-15-11/h1,7-8H,3-6H2,(H,14,15). The molecular weight excluding hydrogens is 215 g/mol. The number of halogens is 2. The highest BCUT2D eigenvalue weighted by Crippen LogP contribution is 2.15. The van der Waals surface area contributed by atoms with Crippen molar-refractivity contribution in [3.8, 4) is 12.3 Å². The molecule has 0 aliphatic rings. The van der Waals surface area contributed by atoms with E-state index >= 15 is 0 Å². The maximum atomic E-state index is 13.2. The molecule has 80 valence electrons. The number of hydrogen-bond acceptors (Lipinski definition) is 2. The zero-order valence-corrected chi connectivity index (χ0v) is 9.02. The van der Waals surface area contributed by atoms with E-state index in [-0.39, 0.29) is 5.82 Å². The van der Waals surface area contributed by atoms with E-state index in [0.717, 1.165) is 19.3 Å². The lowest BCUT2D eigenvalue weighted by Crippen LogP contribution is -2.05. The van der Waals surface area contributed by atoms with Crippen molar-refractivity contribution in [1.29, 1.82) is 0 Å². The van der Waals surface area contributed by atoms with Gasteiger partial charge in [-0.15, -0.1) is 12.3 Å². The number of aromatic nitrogens is 1. The number of terminal acetylenes is 1. The number of pyridine rings is 1. The number of rotatable bonds is 5. The molecule has 4 heteroatoms. The quantitative estimate of drug-likeness (QED) is 0.617. The van der Waals surface area contributed by atoms with Crippen molar-refractivity contribution in [3.63, 3.8) is 0 Å². The molecule has 0 radical (unpaired) electrons. The molecule has 0 bridgehead atoms. The third-order valence-corrected chi connectivity index (χ3v) is 2.05. The summed E-state index contributed by atoms with van der Waals surface area (Å²) in [7, 11) is 0. The highest BCUT2D eigenvalue weighted by Gasteiger charge is 2.02. The Labute approximate surface area is 93.9 Å². The molecule has 1 aromatic rings. The van der Waals surface area contributed by atoms with Crippen molar-refractivity contribution in [3.05, 3.63) is 23.1 Å². The van der Waals surface area contributed by atoms with E-state index in [1.807, 2.05) is 0 Å². The van der Waals surface area contributed by atoms with Crippen molar-refractivity contribution in [2.75, 3.05) is 11.9 Å². The molecule has 0 spiro atoms. The minimum absolute atomic E-state index is 0.236. The van der Waals surface area contributed by atoms with Crippen LogP contribution in [0.1, 0.15) is 19.3 Å². The van der Waals surface area contributed by atoms with Gasteiger partial charge in [-0.25, -0.2) is 9.37 Å². The van der Waals surface area contributed by atoms with Crippen LogP contribution < -0.4 is 5.32 Å². The van der Waals surface area contributed by atoms with Crippen LogP contribution in [0.2, 0.25) is 5.02 Å². The van der Waals surface area contributed by atoms with Crippen molar-refractivity contribution in [2.45, 2.75) is 19.3 Å². The zero-order valence-electron chi connectivity index (χ0n) is 8.26. The summed E-state index contributed by atoms with van der Waals surface area (Å²) in [6.07, 6.45) is 9.09. The second kappa shape index (κ2) is 6.26. The molecule has 0 amide bonds. The molecule has 0 aliphatic heterocycles. The normalized spacial score (nSPS) is 9.67. The number of anilines is 1. The van der Waals surface area contributed by atoms with Gasteiger partial charge < -0.3 is 5.32 Å². The fraction of sp³-hybridized carbons (Fsp3) is 0.364. The molecule has 15 heavy (non-hydrogen) atoms. The van der Waals surface area contributed by atoms with Crippen LogP contribution in [0.3, 0.4) is 0 Å². The van der Waals surface area contributed by atoms with Crippen LogP contribution in [0.25, 0.3) is 0 Å². The van der Waals surface area contributed by atoms with Gasteiger partial charge in [0.2, 0.25) is 0 Å². The first-order chi connectivity index (χ1) is 7.24. The van der Waals surface area contributed by atoms with Gasteiger partial charge in [-0.3, -0.25) is 0 Å². The van der Waals surface area contributed by atoms with Crippen LogP contribution in [-0.2, 0) is 0 Å². The lowest BCUT2D eigenvalue weighted by molar-refractivity contribution is 0.623. The summed E-state index contributed by atoms with van der Waals surface area (Å²) < 4.78 is 13.2. The van der Waals surface area contributed by atoms with Gasteiger partial charge in [-0.05, 0) is 18.9 Å². The number of hydrogen-bond donors (Lipinski definition) is 1. The molecule has 1 aromatic heterocycles.